The first-order chi connectivity index (χ1) is 7.66. The Balaban J connectivity index is 0.00000144. The summed E-state index contributed by atoms with van der Waals surface area (Å²) in [7, 11) is 0. The van der Waals surface area contributed by atoms with Crippen LogP contribution in [0.15, 0.2) is 0 Å². The van der Waals surface area contributed by atoms with Crippen molar-refractivity contribution in [2.75, 3.05) is 19.6 Å². The fraction of sp³-hybridized carbons (Fsp3) is 0.727. The van der Waals surface area contributed by atoms with Gasteiger partial charge in [0.2, 0.25) is 0 Å². The molecule has 0 aromatic carbocycles. The first kappa shape index (κ1) is 14.9. The predicted molar refractivity (Wildman–Crippen MR) is 72.9 cm³/mol. The molecule has 1 aliphatic heterocycles. The van der Waals surface area contributed by atoms with Crippen LogP contribution in [0.4, 0.5) is 0 Å². The molecule has 3 N–H and O–H groups in total. The molecule has 2 atom stereocenters. The molecule has 0 bridgehead atoms. The Kier molecular flexibility index (Phi) is 5.82. The van der Waals surface area contributed by atoms with E-state index in [1.807, 2.05) is 13.8 Å². The summed E-state index contributed by atoms with van der Waals surface area (Å²) in [6.45, 7) is 7.45. The van der Waals surface area contributed by atoms with Gasteiger partial charge in [-0.3, -0.25) is 0 Å². The van der Waals surface area contributed by atoms with Gasteiger partial charge in [-0.25, -0.2) is 4.98 Å². The highest BCUT2D eigenvalue weighted by Gasteiger charge is 2.24. The molecule has 2 heterocycles. The third-order valence-electron chi connectivity index (χ3n) is 3.00. The summed E-state index contributed by atoms with van der Waals surface area (Å²) in [6, 6.07) is 0. The van der Waals surface area contributed by atoms with E-state index in [1.165, 1.54) is 4.88 Å². The van der Waals surface area contributed by atoms with Crippen molar-refractivity contribution in [1.29, 1.82) is 0 Å². The maximum Gasteiger partial charge on any atom is 0.0900 e. The summed E-state index contributed by atoms with van der Waals surface area (Å²) in [5.74, 6) is 0.342. The third-order valence-corrected chi connectivity index (χ3v) is 4.07. The van der Waals surface area contributed by atoms with E-state index in [2.05, 4.69) is 15.6 Å². The van der Waals surface area contributed by atoms with Gasteiger partial charge in [-0.2, -0.15) is 0 Å². The number of aromatic nitrogens is 1. The van der Waals surface area contributed by atoms with Crippen LogP contribution in [0.25, 0.3) is 0 Å². The number of hydrogen-bond donors (Lipinski definition) is 3. The lowest BCUT2D eigenvalue weighted by atomic mass is 10.1. The maximum absolute atomic E-state index is 9.63. The molecule has 0 radical (unpaired) electrons. The molecule has 4 nitrogen and oxygen atoms in total. The molecule has 98 valence electrons. The van der Waals surface area contributed by atoms with Crippen molar-refractivity contribution in [3.63, 3.8) is 0 Å². The van der Waals surface area contributed by atoms with Crippen LogP contribution in [-0.2, 0) is 6.54 Å². The highest BCUT2D eigenvalue weighted by atomic mass is 35.5. The number of rotatable bonds is 4. The largest absolute Gasteiger partial charge is 0.391 e. The average molecular weight is 278 g/mol. The second-order valence-electron chi connectivity index (χ2n) is 4.36. The van der Waals surface area contributed by atoms with Crippen LogP contribution >= 0.6 is 23.7 Å². The fourth-order valence-corrected chi connectivity index (χ4v) is 2.94. The van der Waals surface area contributed by atoms with Gasteiger partial charge in [0.1, 0.15) is 0 Å². The molecule has 1 aliphatic rings. The zero-order valence-electron chi connectivity index (χ0n) is 10.2. The number of aryl methyl sites for hydroxylation is 2. The number of aliphatic hydroxyl groups is 1. The molecule has 6 heteroatoms. The van der Waals surface area contributed by atoms with Crippen LogP contribution < -0.4 is 10.6 Å². The fourth-order valence-electron chi connectivity index (χ4n) is 2.04. The lowest BCUT2D eigenvalue weighted by Crippen LogP contribution is -2.30. The monoisotopic (exact) mass is 277 g/mol. The molecule has 2 unspecified atom stereocenters. The number of hydrogen-bond acceptors (Lipinski definition) is 5. The minimum atomic E-state index is -0.197. The Morgan fingerprint density at radius 1 is 1.47 bits per heavy atom. The standard InChI is InChI=1S/C11H19N3OS.ClH/c1-7-11(16-8(2)14-7)6-13-4-9-3-12-5-10(9)15;/h9-10,12-13,15H,3-6H2,1-2H3;1H. The summed E-state index contributed by atoms with van der Waals surface area (Å²) >= 11 is 1.75. The van der Waals surface area contributed by atoms with Gasteiger partial charge in [-0.15, -0.1) is 23.7 Å². The zero-order valence-corrected chi connectivity index (χ0v) is 11.8. The van der Waals surface area contributed by atoms with Crippen LogP contribution in [-0.4, -0.2) is 35.8 Å². The Bertz CT molecular complexity index is 358. The molecule has 1 saturated heterocycles. The molecule has 2 rings (SSSR count). The van der Waals surface area contributed by atoms with Gasteiger partial charge in [0.25, 0.3) is 0 Å². The number of nitrogens with one attached hydrogen (secondary N) is 2. The van der Waals surface area contributed by atoms with E-state index in [0.29, 0.717) is 5.92 Å². The van der Waals surface area contributed by atoms with E-state index >= 15 is 0 Å². The molecule has 1 aromatic rings. The first-order valence-electron chi connectivity index (χ1n) is 5.69. The van der Waals surface area contributed by atoms with Crippen LogP contribution in [0.1, 0.15) is 15.6 Å². The zero-order chi connectivity index (χ0) is 11.5. The Labute approximate surface area is 112 Å². The second-order valence-corrected chi connectivity index (χ2v) is 5.65. The smallest absolute Gasteiger partial charge is 0.0900 e. The van der Waals surface area contributed by atoms with Crippen molar-refractivity contribution in [3.8, 4) is 0 Å². The predicted octanol–water partition coefficient (Wildman–Crippen LogP) is 0.852. The molecule has 17 heavy (non-hydrogen) atoms. The lowest BCUT2D eigenvalue weighted by Gasteiger charge is -2.13. The van der Waals surface area contributed by atoms with E-state index in [9.17, 15) is 5.11 Å². The van der Waals surface area contributed by atoms with Gasteiger partial charge < -0.3 is 15.7 Å². The molecule has 1 fully saturated rings. The number of thiazole rings is 1. The van der Waals surface area contributed by atoms with Crippen molar-refractivity contribution >= 4 is 23.7 Å². The summed E-state index contributed by atoms with van der Waals surface area (Å²) < 4.78 is 0. The first-order valence-corrected chi connectivity index (χ1v) is 6.51. The topological polar surface area (TPSA) is 57.2 Å². The van der Waals surface area contributed by atoms with Crippen LogP contribution in [0.2, 0.25) is 0 Å². The second kappa shape index (κ2) is 6.66. The average Bonchev–Trinajstić information content (AvgIpc) is 2.75. The minimum Gasteiger partial charge on any atom is -0.391 e. The van der Waals surface area contributed by atoms with E-state index in [1.54, 1.807) is 11.3 Å². The van der Waals surface area contributed by atoms with Gasteiger partial charge in [0.15, 0.2) is 0 Å². The quantitative estimate of drug-likeness (QED) is 0.764. The molecule has 0 amide bonds. The number of aliphatic hydroxyl groups excluding tert-OH is 1. The molecule has 1 aromatic heterocycles. The Morgan fingerprint density at radius 3 is 2.76 bits per heavy atom. The Hall–Kier alpha value is -0.200. The van der Waals surface area contributed by atoms with Crippen molar-refractivity contribution < 1.29 is 5.11 Å². The summed E-state index contributed by atoms with van der Waals surface area (Å²) in [5, 5.41) is 17.3. The van der Waals surface area contributed by atoms with E-state index in [0.717, 1.165) is 36.9 Å². The van der Waals surface area contributed by atoms with E-state index < -0.39 is 0 Å². The normalized spacial score (nSPS) is 23.7. The van der Waals surface area contributed by atoms with Crippen LogP contribution in [0.3, 0.4) is 0 Å². The highest BCUT2D eigenvalue weighted by Crippen LogP contribution is 2.17. The molecule has 0 spiro atoms. The number of halogens is 1. The lowest BCUT2D eigenvalue weighted by molar-refractivity contribution is 0.146. The Morgan fingerprint density at radius 2 is 2.24 bits per heavy atom. The third kappa shape index (κ3) is 3.89. The van der Waals surface area contributed by atoms with Gasteiger partial charge in [0.05, 0.1) is 16.8 Å². The van der Waals surface area contributed by atoms with Crippen molar-refractivity contribution in [2.45, 2.75) is 26.5 Å². The van der Waals surface area contributed by atoms with Crippen LogP contribution in [0.5, 0.6) is 0 Å². The summed E-state index contributed by atoms with van der Waals surface area (Å²) in [5.41, 5.74) is 1.13. The molecular formula is C11H20ClN3OS. The van der Waals surface area contributed by atoms with Gasteiger partial charge >= 0.3 is 0 Å². The van der Waals surface area contributed by atoms with Gasteiger partial charge in [-0.05, 0) is 13.8 Å². The number of β-amino-alcohol motifs (C(OH)–C–C–N with tert-alkyl or cyclic N) is 1. The van der Waals surface area contributed by atoms with Crippen molar-refractivity contribution in [1.82, 2.24) is 15.6 Å². The van der Waals surface area contributed by atoms with Gasteiger partial charge in [-0.1, -0.05) is 0 Å². The van der Waals surface area contributed by atoms with Gasteiger partial charge in [0, 0.05) is 37.0 Å². The molecule has 0 saturated carbocycles. The number of nitrogens with zero attached hydrogens (tertiary/aromatic N) is 1. The van der Waals surface area contributed by atoms with E-state index in [-0.39, 0.29) is 18.5 Å². The molecular weight excluding hydrogens is 258 g/mol. The summed E-state index contributed by atoms with van der Waals surface area (Å²) in [4.78, 5) is 5.70. The van der Waals surface area contributed by atoms with Crippen molar-refractivity contribution in [3.05, 3.63) is 15.6 Å². The molecule has 0 aliphatic carbocycles. The van der Waals surface area contributed by atoms with Crippen molar-refractivity contribution in [2.24, 2.45) is 5.92 Å². The van der Waals surface area contributed by atoms with Crippen LogP contribution in [0, 0.1) is 19.8 Å². The SMILES string of the molecule is Cc1nc(C)c(CNCC2CNCC2O)s1.Cl. The van der Waals surface area contributed by atoms with E-state index in [4.69, 9.17) is 0 Å². The highest BCUT2D eigenvalue weighted by molar-refractivity contribution is 7.11. The minimum absolute atomic E-state index is 0. The maximum atomic E-state index is 9.63. The summed E-state index contributed by atoms with van der Waals surface area (Å²) in [6.07, 6.45) is -0.197.